The first-order valence-electron chi connectivity index (χ1n) is 10.5. The molecule has 2 fully saturated rings. The number of methoxy groups -OCH3 is 1. The molecule has 1 atom stereocenters. The first-order chi connectivity index (χ1) is 14.1. The Morgan fingerprint density at radius 1 is 1.34 bits per heavy atom. The number of carbonyl (C=O) groups excluding carboxylic acids is 1. The molecular formula is C22H30N4O3. The Balaban J connectivity index is 1.48. The van der Waals surface area contributed by atoms with Crippen LogP contribution in [0.25, 0.3) is 0 Å². The average Bonchev–Trinajstić information content (AvgIpc) is 3.37. The Bertz CT molecular complexity index is 844. The van der Waals surface area contributed by atoms with Crippen LogP contribution in [-0.4, -0.2) is 59.0 Å². The average molecular weight is 399 g/mol. The molecule has 0 saturated carbocycles. The minimum atomic E-state index is 0.0455. The van der Waals surface area contributed by atoms with Gasteiger partial charge in [0.15, 0.2) is 0 Å². The maximum atomic E-state index is 13.1. The molecule has 1 aromatic carbocycles. The molecule has 2 aliphatic rings. The number of hydrogen-bond acceptors (Lipinski definition) is 5. The van der Waals surface area contributed by atoms with Crippen molar-refractivity contribution >= 4 is 5.91 Å². The standard InChI is InChI=1S/C22H30N4O3/c1-3-25-16-23-24-21(25)19-14-26(15-22(19)9-11-29-12-10-22)20(27)8-7-17-5-4-6-18(13-17)28-2/h4-6,13,16,19H,3,7-12,14-15H2,1-2H3. The quantitative estimate of drug-likeness (QED) is 0.748. The van der Waals surface area contributed by atoms with Crippen molar-refractivity contribution in [2.24, 2.45) is 5.41 Å². The molecule has 1 aromatic heterocycles. The SMILES string of the molecule is CCn1cnnc1C1CN(C(=O)CCc2cccc(OC)c2)CC12CCOCC2. The van der Waals surface area contributed by atoms with Gasteiger partial charge in [-0.05, 0) is 43.9 Å². The molecule has 7 nitrogen and oxygen atoms in total. The van der Waals surface area contributed by atoms with Crippen LogP contribution in [0.2, 0.25) is 0 Å². The Labute approximate surface area is 172 Å². The molecule has 156 valence electrons. The molecule has 1 amide bonds. The van der Waals surface area contributed by atoms with Gasteiger partial charge in [0.2, 0.25) is 5.91 Å². The Hall–Kier alpha value is -2.41. The van der Waals surface area contributed by atoms with Crippen LogP contribution in [0.3, 0.4) is 0 Å². The van der Waals surface area contributed by atoms with Crippen molar-refractivity contribution in [1.29, 1.82) is 0 Å². The number of benzene rings is 1. The lowest BCUT2D eigenvalue weighted by Crippen LogP contribution is -2.37. The summed E-state index contributed by atoms with van der Waals surface area (Å²) in [5.41, 5.74) is 1.17. The summed E-state index contributed by atoms with van der Waals surface area (Å²) in [5.74, 6) is 2.27. The lowest BCUT2D eigenvalue weighted by molar-refractivity contribution is -0.130. The highest BCUT2D eigenvalue weighted by Crippen LogP contribution is 2.49. The van der Waals surface area contributed by atoms with E-state index in [1.807, 2.05) is 29.2 Å². The zero-order valence-corrected chi connectivity index (χ0v) is 17.3. The number of hydrogen-bond donors (Lipinski definition) is 0. The van der Waals surface area contributed by atoms with Gasteiger partial charge in [0, 0.05) is 50.6 Å². The zero-order valence-electron chi connectivity index (χ0n) is 17.3. The van der Waals surface area contributed by atoms with Gasteiger partial charge < -0.3 is 18.9 Å². The van der Waals surface area contributed by atoms with Crippen molar-refractivity contribution in [2.75, 3.05) is 33.4 Å². The van der Waals surface area contributed by atoms with E-state index in [0.29, 0.717) is 6.42 Å². The van der Waals surface area contributed by atoms with Gasteiger partial charge >= 0.3 is 0 Å². The second-order valence-electron chi connectivity index (χ2n) is 8.13. The number of likely N-dealkylation sites (tertiary alicyclic amines) is 1. The fourth-order valence-corrected chi connectivity index (χ4v) is 4.81. The highest BCUT2D eigenvalue weighted by atomic mass is 16.5. The van der Waals surface area contributed by atoms with Crippen LogP contribution in [0.15, 0.2) is 30.6 Å². The number of rotatable bonds is 6. The molecule has 0 N–H and O–H groups in total. The number of aromatic nitrogens is 3. The molecule has 0 bridgehead atoms. The van der Waals surface area contributed by atoms with Crippen LogP contribution in [0.5, 0.6) is 5.75 Å². The fraction of sp³-hybridized carbons (Fsp3) is 0.591. The van der Waals surface area contributed by atoms with Crippen LogP contribution in [0.1, 0.15) is 43.5 Å². The van der Waals surface area contributed by atoms with E-state index in [1.165, 1.54) is 0 Å². The molecule has 4 rings (SSSR count). The molecule has 2 saturated heterocycles. The normalized spacial score (nSPS) is 20.9. The summed E-state index contributed by atoms with van der Waals surface area (Å²) < 4.78 is 13.1. The van der Waals surface area contributed by atoms with E-state index < -0.39 is 0 Å². The molecule has 7 heteroatoms. The molecule has 29 heavy (non-hydrogen) atoms. The van der Waals surface area contributed by atoms with Crippen molar-refractivity contribution in [2.45, 2.75) is 45.1 Å². The maximum Gasteiger partial charge on any atom is 0.222 e. The third kappa shape index (κ3) is 4.01. The van der Waals surface area contributed by atoms with E-state index in [4.69, 9.17) is 9.47 Å². The Morgan fingerprint density at radius 2 is 2.17 bits per heavy atom. The number of ether oxygens (including phenoxy) is 2. The monoisotopic (exact) mass is 398 g/mol. The third-order valence-electron chi connectivity index (χ3n) is 6.55. The van der Waals surface area contributed by atoms with Crippen LogP contribution in [0, 0.1) is 5.41 Å². The second kappa shape index (κ2) is 8.53. The van der Waals surface area contributed by atoms with Gasteiger partial charge in [0.25, 0.3) is 0 Å². The third-order valence-corrected chi connectivity index (χ3v) is 6.55. The number of amides is 1. The van der Waals surface area contributed by atoms with Gasteiger partial charge in [-0.2, -0.15) is 0 Å². The van der Waals surface area contributed by atoms with Crippen LogP contribution in [0.4, 0.5) is 0 Å². The number of nitrogens with zero attached hydrogens (tertiary/aromatic N) is 4. The first-order valence-corrected chi connectivity index (χ1v) is 10.5. The van der Waals surface area contributed by atoms with E-state index in [0.717, 1.165) is 69.2 Å². The number of carbonyl (C=O) groups is 1. The summed E-state index contributed by atoms with van der Waals surface area (Å²) in [6, 6.07) is 7.95. The Kier molecular flexibility index (Phi) is 5.85. The highest BCUT2D eigenvalue weighted by molar-refractivity contribution is 5.77. The van der Waals surface area contributed by atoms with Crippen LogP contribution >= 0.6 is 0 Å². The first kappa shape index (κ1) is 19.9. The minimum Gasteiger partial charge on any atom is -0.497 e. The minimum absolute atomic E-state index is 0.0455. The summed E-state index contributed by atoms with van der Waals surface area (Å²) in [6.45, 7) is 5.96. The topological polar surface area (TPSA) is 69.5 Å². The van der Waals surface area contributed by atoms with E-state index in [9.17, 15) is 4.79 Å². The molecule has 1 spiro atoms. The molecule has 0 aliphatic carbocycles. The van der Waals surface area contributed by atoms with Crippen molar-refractivity contribution in [3.8, 4) is 5.75 Å². The van der Waals surface area contributed by atoms with E-state index in [-0.39, 0.29) is 17.2 Å². The molecular weight excluding hydrogens is 368 g/mol. The Morgan fingerprint density at radius 3 is 2.93 bits per heavy atom. The van der Waals surface area contributed by atoms with E-state index in [2.05, 4.69) is 21.7 Å². The number of aryl methyl sites for hydroxylation is 2. The summed E-state index contributed by atoms with van der Waals surface area (Å²) >= 11 is 0. The van der Waals surface area contributed by atoms with E-state index in [1.54, 1.807) is 13.4 Å². The molecule has 2 aliphatic heterocycles. The van der Waals surface area contributed by atoms with Crippen molar-refractivity contribution in [1.82, 2.24) is 19.7 Å². The lowest BCUT2D eigenvalue weighted by atomic mass is 9.71. The highest BCUT2D eigenvalue weighted by Gasteiger charge is 2.50. The van der Waals surface area contributed by atoms with Gasteiger partial charge in [-0.15, -0.1) is 10.2 Å². The molecule has 0 radical (unpaired) electrons. The largest absolute Gasteiger partial charge is 0.497 e. The predicted molar refractivity (Wildman–Crippen MR) is 109 cm³/mol. The van der Waals surface area contributed by atoms with Crippen molar-refractivity contribution < 1.29 is 14.3 Å². The van der Waals surface area contributed by atoms with Gasteiger partial charge in [-0.25, -0.2) is 0 Å². The van der Waals surface area contributed by atoms with Crippen molar-refractivity contribution in [3.05, 3.63) is 42.0 Å². The molecule has 1 unspecified atom stereocenters. The summed E-state index contributed by atoms with van der Waals surface area (Å²) in [6.07, 6.45) is 4.96. The van der Waals surface area contributed by atoms with Gasteiger partial charge in [-0.1, -0.05) is 12.1 Å². The molecule has 2 aromatic rings. The smallest absolute Gasteiger partial charge is 0.222 e. The van der Waals surface area contributed by atoms with Gasteiger partial charge in [-0.3, -0.25) is 4.79 Å². The second-order valence-corrected chi connectivity index (χ2v) is 8.13. The lowest BCUT2D eigenvalue weighted by Gasteiger charge is -2.37. The summed E-state index contributed by atoms with van der Waals surface area (Å²) in [4.78, 5) is 15.1. The summed E-state index contributed by atoms with van der Waals surface area (Å²) in [7, 11) is 1.66. The maximum absolute atomic E-state index is 13.1. The predicted octanol–water partition coefficient (Wildman–Crippen LogP) is 2.66. The van der Waals surface area contributed by atoms with Crippen LogP contribution in [-0.2, 0) is 22.5 Å². The van der Waals surface area contributed by atoms with E-state index >= 15 is 0 Å². The van der Waals surface area contributed by atoms with Gasteiger partial charge in [0.1, 0.15) is 17.9 Å². The zero-order chi connectivity index (χ0) is 20.3. The van der Waals surface area contributed by atoms with Crippen molar-refractivity contribution in [3.63, 3.8) is 0 Å². The molecule has 3 heterocycles. The van der Waals surface area contributed by atoms with Crippen LogP contribution < -0.4 is 4.74 Å². The fourth-order valence-electron chi connectivity index (χ4n) is 4.81. The van der Waals surface area contributed by atoms with Gasteiger partial charge in [0.05, 0.1) is 7.11 Å². The summed E-state index contributed by atoms with van der Waals surface area (Å²) in [5, 5.41) is 8.59.